The normalized spacial score (nSPS) is 11.4. The van der Waals surface area contributed by atoms with Crippen LogP contribution in [0.1, 0.15) is 11.3 Å². The van der Waals surface area contributed by atoms with Gasteiger partial charge >= 0.3 is 0 Å². The summed E-state index contributed by atoms with van der Waals surface area (Å²) in [5.41, 5.74) is 9.07. The summed E-state index contributed by atoms with van der Waals surface area (Å²) < 4.78 is 1.53. The van der Waals surface area contributed by atoms with Crippen LogP contribution < -0.4 is 11.3 Å². The first-order valence-electron chi connectivity index (χ1n) is 7.77. The Morgan fingerprint density at radius 1 is 1.15 bits per heavy atom. The van der Waals surface area contributed by atoms with Gasteiger partial charge in [-0.3, -0.25) is 9.78 Å². The summed E-state index contributed by atoms with van der Waals surface area (Å²) in [6.07, 6.45) is 6.97. The molecule has 0 aliphatic heterocycles. The molecule has 0 unspecified atom stereocenters. The summed E-state index contributed by atoms with van der Waals surface area (Å²) in [5.74, 6) is 0. The number of nitrogens with two attached hydrogens (primary N) is 1. The minimum absolute atomic E-state index is 0.0812. The summed E-state index contributed by atoms with van der Waals surface area (Å²) in [5, 5.41) is 1.97. The summed E-state index contributed by atoms with van der Waals surface area (Å²) in [6, 6.07) is 11.1. The minimum Gasteiger partial charge on any atom is -0.399 e. The lowest BCUT2D eigenvalue weighted by atomic mass is 10.1. The molecule has 7 heteroatoms. The Bertz CT molecular complexity index is 1160. The molecule has 3 aromatic heterocycles. The number of nitrogen functional groups attached to an aromatic ring is 1. The SMILES string of the molecule is Nc1ccc(-c2csc3nc(C=Cc4cccnc4)c(Cl)c(=O)n23)cc1. The fourth-order valence-corrected chi connectivity index (χ4v) is 3.65. The molecular weight excluding hydrogens is 368 g/mol. The third-order valence-corrected chi connectivity index (χ3v) is 5.05. The molecule has 4 rings (SSSR count). The highest BCUT2D eigenvalue weighted by Gasteiger charge is 2.14. The number of hydrogen-bond acceptors (Lipinski definition) is 5. The zero-order valence-electron chi connectivity index (χ0n) is 13.5. The predicted octanol–water partition coefficient (Wildman–Crippen LogP) is 4.22. The van der Waals surface area contributed by atoms with Crippen molar-refractivity contribution in [2.45, 2.75) is 0 Å². The number of rotatable bonds is 3. The molecule has 0 aliphatic rings. The second-order valence-corrected chi connectivity index (χ2v) is 6.81. The molecule has 2 N–H and O–H groups in total. The van der Waals surface area contributed by atoms with E-state index in [0.29, 0.717) is 16.3 Å². The first kappa shape index (κ1) is 16.5. The van der Waals surface area contributed by atoms with Gasteiger partial charge in [-0.2, -0.15) is 0 Å². The second kappa shape index (κ2) is 6.74. The Hall–Kier alpha value is -2.96. The lowest BCUT2D eigenvalue weighted by Crippen LogP contribution is -2.16. The van der Waals surface area contributed by atoms with E-state index in [1.54, 1.807) is 30.6 Å². The maximum absolute atomic E-state index is 12.8. The minimum atomic E-state index is -0.296. The van der Waals surface area contributed by atoms with E-state index in [1.165, 1.54) is 15.7 Å². The molecule has 1 aromatic carbocycles. The van der Waals surface area contributed by atoms with Crippen LogP contribution in [-0.2, 0) is 0 Å². The first-order chi connectivity index (χ1) is 12.6. The molecule has 0 spiro atoms. The molecule has 0 radical (unpaired) electrons. The molecule has 26 heavy (non-hydrogen) atoms. The van der Waals surface area contributed by atoms with Crippen LogP contribution in [0.25, 0.3) is 28.4 Å². The van der Waals surface area contributed by atoms with Crippen molar-refractivity contribution in [3.63, 3.8) is 0 Å². The molecule has 4 aromatic rings. The number of benzene rings is 1. The highest BCUT2D eigenvalue weighted by Crippen LogP contribution is 2.26. The van der Waals surface area contributed by atoms with Crippen molar-refractivity contribution in [1.29, 1.82) is 0 Å². The highest BCUT2D eigenvalue weighted by molar-refractivity contribution is 7.15. The van der Waals surface area contributed by atoms with E-state index in [-0.39, 0.29) is 10.6 Å². The molecule has 0 amide bonds. The quantitative estimate of drug-likeness (QED) is 0.540. The number of hydrogen-bond donors (Lipinski definition) is 1. The number of anilines is 1. The van der Waals surface area contributed by atoms with Crippen LogP contribution in [0.3, 0.4) is 0 Å². The largest absolute Gasteiger partial charge is 0.399 e. The molecule has 0 atom stereocenters. The topological polar surface area (TPSA) is 73.3 Å². The van der Waals surface area contributed by atoms with E-state index < -0.39 is 0 Å². The molecule has 0 aliphatic carbocycles. The smallest absolute Gasteiger partial charge is 0.278 e. The lowest BCUT2D eigenvalue weighted by molar-refractivity contribution is 1.08. The average molecular weight is 381 g/mol. The van der Waals surface area contributed by atoms with Gasteiger partial charge in [0.2, 0.25) is 0 Å². The molecule has 0 saturated carbocycles. The van der Waals surface area contributed by atoms with Crippen LogP contribution in [-0.4, -0.2) is 14.4 Å². The van der Waals surface area contributed by atoms with Gasteiger partial charge in [-0.15, -0.1) is 11.3 Å². The third kappa shape index (κ3) is 3.00. The second-order valence-electron chi connectivity index (χ2n) is 5.60. The zero-order chi connectivity index (χ0) is 18.1. The van der Waals surface area contributed by atoms with E-state index in [4.69, 9.17) is 17.3 Å². The van der Waals surface area contributed by atoms with E-state index >= 15 is 0 Å². The Labute approximate surface area is 158 Å². The molecule has 5 nitrogen and oxygen atoms in total. The van der Waals surface area contributed by atoms with Gasteiger partial charge in [-0.25, -0.2) is 9.38 Å². The number of thiazole rings is 1. The average Bonchev–Trinajstić information content (AvgIpc) is 3.09. The van der Waals surface area contributed by atoms with Crippen LogP contribution in [0.15, 0.2) is 59.0 Å². The number of fused-ring (bicyclic) bond motifs is 1. The Kier molecular flexibility index (Phi) is 4.28. The molecular formula is C19H13ClN4OS. The lowest BCUT2D eigenvalue weighted by Gasteiger charge is -2.04. The highest BCUT2D eigenvalue weighted by atomic mass is 35.5. The van der Waals surface area contributed by atoms with Gasteiger partial charge in [0.05, 0.1) is 11.4 Å². The number of pyridine rings is 1. The van der Waals surface area contributed by atoms with Crippen LogP contribution in [0.4, 0.5) is 5.69 Å². The molecule has 3 heterocycles. The van der Waals surface area contributed by atoms with Crippen molar-refractivity contribution in [3.05, 3.63) is 80.8 Å². The number of nitrogens with zero attached hydrogens (tertiary/aromatic N) is 3. The summed E-state index contributed by atoms with van der Waals surface area (Å²) in [7, 11) is 0. The van der Waals surface area contributed by atoms with Crippen LogP contribution in [0.5, 0.6) is 0 Å². The maximum atomic E-state index is 12.8. The van der Waals surface area contributed by atoms with Gasteiger partial charge in [0.25, 0.3) is 5.56 Å². The summed E-state index contributed by atoms with van der Waals surface area (Å²) in [6.45, 7) is 0. The maximum Gasteiger partial charge on any atom is 0.278 e. The van der Waals surface area contributed by atoms with Gasteiger partial charge in [0.15, 0.2) is 4.96 Å². The zero-order valence-corrected chi connectivity index (χ0v) is 15.0. The van der Waals surface area contributed by atoms with Crippen molar-refractivity contribution in [2.75, 3.05) is 5.73 Å². The van der Waals surface area contributed by atoms with Gasteiger partial charge in [0, 0.05) is 23.5 Å². The van der Waals surface area contributed by atoms with E-state index in [1.807, 2.05) is 35.7 Å². The van der Waals surface area contributed by atoms with Crippen LogP contribution >= 0.6 is 22.9 Å². The number of halogens is 1. The van der Waals surface area contributed by atoms with Gasteiger partial charge < -0.3 is 5.73 Å². The van der Waals surface area contributed by atoms with Crippen LogP contribution in [0, 0.1) is 0 Å². The van der Waals surface area contributed by atoms with E-state index in [9.17, 15) is 4.79 Å². The standard InChI is InChI=1S/C19H13ClN4OS/c20-17-15(8-3-12-2-1-9-22-10-12)23-19-24(18(17)25)16(11-26-19)13-4-6-14(21)7-5-13/h1-11H,21H2. The van der Waals surface area contributed by atoms with Crippen molar-refractivity contribution in [3.8, 4) is 11.3 Å². The Morgan fingerprint density at radius 2 is 1.96 bits per heavy atom. The monoisotopic (exact) mass is 380 g/mol. The van der Waals surface area contributed by atoms with Gasteiger partial charge in [0.1, 0.15) is 5.02 Å². The fraction of sp³-hybridized carbons (Fsp3) is 0. The predicted molar refractivity (Wildman–Crippen MR) is 107 cm³/mol. The molecule has 0 fully saturated rings. The van der Waals surface area contributed by atoms with Crippen LogP contribution in [0.2, 0.25) is 5.02 Å². The molecule has 128 valence electrons. The summed E-state index contributed by atoms with van der Waals surface area (Å²) in [4.78, 5) is 22.0. The Balaban J connectivity index is 1.82. The fourth-order valence-electron chi connectivity index (χ4n) is 2.56. The van der Waals surface area contributed by atoms with E-state index in [2.05, 4.69) is 9.97 Å². The third-order valence-electron chi connectivity index (χ3n) is 3.86. The number of aromatic nitrogens is 3. The van der Waals surface area contributed by atoms with Gasteiger partial charge in [-0.05, 0) is 35.4 Å². The van der Waals surface area contributed by atoms with Crippen molar-refractivity contribution in [2.24, 2.45) is 0 Å². The molecule has 0 bridgehead atoms. The van der Waals surface area contributed by atoms with Gasteiger partial charge in [-0.1, -0.05) is 35.9 Å². The molecule has 0 saturated heterocycles. The first-order valence-corrected chi connectivity index (χ1v) is 9.03. The summed E-state index contributed by atoms with van der Waals surface area (Å²) >= 11 is 7.69. The van der Waals surface area contributed by atoms with Crippen molar-refractivity contribution in [1.82, 2.24) is 14.4 Å². The van der Waals surface area contributed by atoms with E-state index in [0.717, 1.165) is 16.8 Å². The van der Waals surface area contributed by atoms with Crippen molar-refractivity contribution < 1.29 is 0 Å². The van der Waals surface area contributed by atoms with Crippen molar-refractivity contribution >= 4 is 45.7 Å². The Morgan fingerprint density at radius 3 is 2.69 bits per heavy atom.